The van der Waals surface area contributed by atoms with Gasteiger partial charge in [0.05, 0.1) is 0 Å². The molecule has 3 aromatic rings. The van der Waals surface area contributed by atoms with E-state index in [9.17, 15) is 14.0 Å². The molecule has 0 radical (unpaired) electrons. The molecule has 0 unspecified atom stereocenters. The van der Waals surface area contributed by atoms with Gasteiger partial charge in [-0.2, -0.15) is 0 Å². The Kier molecular flexibility index (Phi) is 5.02. The molecule has 2 N–H and O–H groups in total. The Balaban J connectivity index is 1.67. The van der Waals surface area contributed by atoms with Crippen molar-refractivity contribution in [2.45, 2.75) is 13.5 Å². The van der Waals surface area contributed by atoms with Crippen LogP contribution >= 0.6 is 0 Å². The Morgan fingerprint density at radius 3 is 2.50 bits per heavy atom. The van der Waals surface area contributed by atoms with Crippen molar-refractivity contribution in [1.82, 2.24) is 15.5 Å². The Morgan fingerprint density at radius 1 is 1.08 bits per heavy atom. The number of amides is 2. The van der Waals surface area contributed by atoms with Gasteiger partial charge in [-0.05, 0) is 25.1 Å². The zero-order valence-corrected chi connectivity index (χ0v) is 13.8. The monoisotopic (exact) mass is 354 g/mol. The largest absolute Gasteiger partial charge is 0.360 e. The van der Waals surface area contributed by atoms with Gasteiger partial charge in [0.2, 0.25) is 0 Å². The van der Waals surface area contributed by atoms with Crippen LogP contribution in [0.4, 0.5) is 10.2 Å². The second-order valence-electron chi connectivity index (χ2n) is 5.46. The van der Waals surface area contributed by atoms with Crippen molar-refractivity contribution in [2.24, 2.45) is 0 Å². The van der Waals surface area contributed by atoms with E-state index in [1.165, 1.54) is 24.3 Å². The maximum Gasteiger partial charge on any atom is 0.275 e. The van der Waals surface area contributed by atoms with Gasteiger partial charge in [0, 0.05) is 18.2 Å². The number of anilines is 1. The second kappa shape index (κ2) is 7.56. The number of nitrogens with one attached hydrogen (secondary N) is 2. The van der Waals surface area contributed by atoms with Gasteiger partial charge in [0.25, 0.3) is 11.8 Å². The molecule has 0 saturated heterocycles. The van der Waals surface area contributed by atoms with Crippen LogP contribution in [0, 0.1) is 12.7 Å². The van der Waals surface area contributed by atoms with E-state index < -0.39 is 17.6 Å². The number of hydrogen-bond donors (Lipinski definition) is 2. The fraction of sp³-hybridized carbons (Fsp3) is 0.111. The highest BCUT2D eigenvalue weighted by Crippen LogP contribution is 2.10. The Bertz CT molecular complexity index is 955. The van der Waals surface area contributed by atoms with E-state index in [1.807, 2.05) is 0 Å². The number of pyridine rings is 1. The standard InChI is InChI=1S/C18H15FN4O3/c1-11-9-16(23-26-11)22-18(25)15-8-4-7-14(21-15)17(24)20-10-12-5-2-3-6-13(12)19/h2-9H,10H2,1H3,(H,20,24)(H,22,23,25). The number of aromatic nitrogens is 2. The molecule has 2 heterocycles. The second-order valence-corrected chi connectivity index (χ2v) is 5.46. The molecule has 0 atom stereocenters. The summed E-state index contributed by atoms with van der Waals surface area (Å²) in [7, 11) is 0. The highest BCUT2D eigenvalue weighted by molar-refractivity contribution is 6.03. The number of carbonyl (C=O) groups excluding carboxylic acids is 2. The lowest BCUT2D eigenvalue weighted by Gasteiger charge is -2.07. The van der Waals surface area contributed by atoms with Crippen molar-refractivity contribution in [3.05, 3.63) is 77.1 Å². The predicted molar refractivity (Wildman–Crippen MR) is 91.0 cm³/mol. The van der Waals surface area contributed by atoms with E-state index in [4.69, 9.17) is 4.52 Å². The highest BCUT2D eigenvalue weighted by atomic mass is 19.1. The van der Waals surface area contributed by atoms with Gasteiger partial charge in [-0.25, -0.2) is 9.37 Å². The molecule has 26 heavy (non-hydrogen) atoms. The lowest BCUT2D eigenvalue weighted by atomic mass is 10.2. The lowest BCUT2D eigenvalue weighted by molar-refractivity contribution is 0.0945. The Labute approximate surface area is 148 Å². The third kappa shape index (κ3) is 4.10. The quantitative estimate of drug-likeness (QED) is 0.734. The fourth-order valence-corrected chi connectivity index (χ4v) is 2.20. The van der Waals surface area contributed by atoms with Crippen molar-refractivity contribution in [1.29, 1.82) is 0 Å². The van der Waals surface area contributed by atoms with Crippen LogP contribution in [0.15, 0.2) is 53.1 Å². The SMILES string of the molecule is Cc1cc(NC(=O)c2cccc(C(=O)NCc3ccccc3F)n2)no1. The molecule has 132 valence electrons. The fourth-order valence-electron chi connectivity index (χ4n) is 2.20. The molecule has 8 heteroatoms. The number of aryl methyl sites for hydroxylation is 1. The van der Waals surface area contributed by atoms with E-state index in [0.29, 0.717) is 11.3 Å². The molecule has 0 aliphatic rings. The average Bonchev–Trinajstić information content (AvgIpc) is 3.05. The van der Waals surface area contributed by atoms with E-state index >= 15 is 0 Å². The van der Waals surface area contributed by atoms with E-state index in [2.05, 4.69) is 20.8 Å². The lowest BCUT2D eigenvalue weighted by Crippen LogP contribution is -2.25. The summed E-state index contributed by atoms with van der Waals surface area (Å²) in [6, 6.07) is 12.2. The first-order valence-corrected chi connectivity index (χ1v) is 7.76. The van der Waals surface area contributed by atoms with Crippen LogP contribution in [-0.4, -0.2) is 22.0 Å². The first-order chi connectivity index (χ1) is 12.5. The molecule has 0 spiro atoms. The summed E-state index contributed by atoms with van der Waals surface area (Å²) in [6.07, 6.45) is 0. The third-order valence-corrected chi connectivity index (χ3v) is 3.48. The van der Waals surface area contributed by atoms with E-state index in [1.54, 1.807) is 31.2 Å². The highest BCUT2D eigenvalue weighted by Gasteiger charge is 2.14. The molecule has 3 rings (SSSR count). The summed E-state index contributed by atoms with van der Waals surface area (Å²) in [4.78, 5) is 28.4. The number of halogens is 1. The average molecular weight is 354 g/mol. The molecular weight excluding hydrogens is 339 g/mol. The van der Waals surface area contributed by atoms with Gasteiger partial charge in [0.1, 0.15) is 23.0 Å². The molecule has 0 saturated carbocycles. The van der Waals surface area contributed by atoms with Gasteiger partial charge in [-0.1, -0.05) is 29.4 Å². The molecule has 2 amide bonds. The minimum absolute atomic E-state index is 0.0157. The number of benzene rings is 1. The van der Waals surface area contributed by atoms with Crippen LogP contribution in [0.25, 0.3) is 0 Å². The summed E-state index contributed by atoms with van der Waals surface area (Å²) in [5.74, 6) is -0.641. The van der Waals surface area contributed by atoms with Gasteiger partial charge < -0.3 is 15.2 Å². The van der Waals surface area contributed by atoms with Crippen molar-refractivity contribution < 1.29 is 18.5 Å². The maximum absolute atomic E-state index is 13.6. The van der Waals surface area contributed by atoms with E-state index in [-0.39, 0.29) is 23.8 Å². The number of rotatable bonds is 5. The molecule has 0 aliphatic carbocycles. The summed E-state index contributed by atoms with van der Waals surface area (Å²) in [5, 5.41) is 8.76. The summed E-state index contributed by atoms with van der Waals surface area (Å²) in [6.45, 7) is 1.71. The molecule has 0 fully saturated rings. The molecule has 2 aromatic heterocycles. The minimum Gasteiger partial charge on any atom is -0.360 e. The zero-order valence-electron chi connectivity index (χ0n) is 13.8. The zero-order chi connectivity index (χ0) is 18.5. The van der Waals surface area contributed by atoms with Gasteiger partial charge in [0.15, 0.2) is 5.82 Å². The molecule has 7 nitrogen and oxygen atoms in total. The maximum atomic E-state index is 13.6. The molecular formula is C18H15FN4O3. The van der Waals surface area contributed by atoms with Crippen LogP contribution in [0.5, 0.6) is 0 Å². The third-order valence-electron chi connectivity index (χ3n) is 3.48. The predicted octanol–water partition coefficient (Wildman–Crippen LogP) is 2.70. The molecule has 1 aromatic carbocycles. The van der Waals surface area contributed by atoms with Gasteiger partial charge in [-0.15, -0.1) is 0 Å². The van der Waals surface area contributed by atoms with Gasteiger partial charge in [-0.3, -0.25) is 9.59 Å². The summed E-state index contributed by atoms with van der Waals surface area (Å²) >= 11 is 0. The first kappa shape index (κ1) is 17.3. The number of carbonyl (C=O) groups is 2. The summed E-state index contributed by atoms with van der Waals surface area (Å²) in [5.41, 5.74) is 0.450. The van der Waals surface area contributed by atoms with Gasteiger partial charge >= 0.3 is 0 Å². The Hall–Kier alpha value is -3.55. The van der Waals surface area contributed by atoms with Crippen LogP contribution < -0.4 is 10.6 Å². The molecule has 0 aliphatic heterocycles. The smallest absolute Gasteiger partial charge is 0.275 e. The van der Waals surface area contributed by atoms with E-state index in [0.717, 1.165) is 0 Å². The van der Waals surface area contributed by atoms with Crippen molar-refractivity contribution >= 4 is 17.6 Å². The van der Waals surface area contributed by atoms with Crippen molar-refractivity contribution in [3.63, 3.8) is 0 Å². The minimum atomic E-state index is -0.526. The van der Waals surface area contributed by atoms with Crippen LogP contribution in [0.3, 0.4) is 0 Å². The van der Waals surface area contributed by atoms with Crippen molar-refractivity contribution in [3.8, 4) is 0 Å². The normalized spacial score (nSPS) is 10.4. The van der Waals surface area contributed by atoms with Crippen LogP contribution in [-0.2, 0) is 6.54 Å². The van der Waals surface area contributed by atoms with Crippen LogP contribution in [0.2, 0.25) is 0 Å². The van der Waals surface area contributed by atoms with Crippen LogP contribution in [0.1, 0.15) is 32.3 Å². The first-order valence-electron chi connectivity index (χ1n) is 7.76. The molecule has 0 bridgehead atoms. The summed E-state index contributed by atoms with van der Waals surface area (Å²) < 4.78 is 18.5. The topological polar surface area (TPSA) is 97.1 Å². The number of nitrogens with zero attached hydrogens (tertiary/aromatic N) is 2. The van der Waals surface area contributed by atoms with Crippen molar-refractivity contribution in [2.75, 3.05) is 5.32 Å². The Morgan fingerprint density at radius 2 is 1.81 bits per heavy atom. The number of hydrogen-bond acceptors (Lipinski definition) is 5.